The number of amides is 1. The molecular weight excluding hydrogens is 428 g/mol. The van der Waals surface area contributed by atoms with Gasteiger partial charge in [-0.05, 0) is 68.3 Å². The molecule has 0 aliphatic carbocycles. The van der Waals surface area contributed by atoms with Gasteiger partial charge in [-0.1, -0.05) is 29.3 Å². The number of aryl methyl sites for hydroxylation is 3. The van der Waals surface area contributed by atoms with Crippen LogP contribution in [0.2, 0.25) is 5.02 Å². The van der Waals surface area contributed by atoms with Crippen LogP contribution in [0, 0.1) is 20.8 Å². The number of anilines is 1. The molecule has 158 valence electrons. The fraction of sp³-hybridized carbons (Fsp3) is 0.381. The van der Waals surface area contributed by atoms with Crippen molar-refractivity contribution in [2.45, 2.75) is 32.1 Å². The Bertz CT molecular complexity index is 937. The van der Waals surface area contributed by atoms with E-state index in [1.807, 2.05) is 57.2 Å². The van der Waals surface area contributed by atoms with Gasteiger partial charge in [-0.15, -0.1) is 11.8 Å². The van der Waals surface area contributed by atoms with E-state index in [2.05, 4.69) is 5.32 Å². The summed E-state index contributed by atoms with van der Waals surface area (Å²) in [4.78, 5) is 13.5. The van der Waals surface area contributed by atoms with Crippen LogP contribution in [0.1, 0.15) is 23.1 Å². The van der Waals surface area contributed by atoms with Gasteiger partial charge in [-0.2, -0.15) is 0 Å². The van der Waals surface area contributed by atoms with E-state index in [4.69, 9.17) is 11.6 Å². The average molecular weight is 455 g/mol. The van der Waals surface area contributed by atoms with Crippen molar-refractivity contribution in [1.29, 1.82) is 0 Å². The van der Waals surface area contributed by atoms with Crippen molar-refractivity contribution >= 4 is 45.0 Å². The number of rotatable bonds is 9. The Morgan fingerprint density at radius 1 is 1.10 bits per heavy atom. The first-order valence-electron chi connectivity index (χ1n) is 9.28. The molecule has 1 amide bonds. The number of carbonyl (C=O) groups excluding carboxylic acids is 1. The first-order valence-corrected chi connectivity index (χ1v) is 12.5. The summed E-state index contributed by atoms with van der Waals surface area (Å²) < 4.78 is 25.9. The molecule has 0 aromatic heterocycles. The third-order valence-electron chi connectivity index (χ3n) is 4.30. The van der Waals surface area contributed by atoms with Crippen molar-refractivity contribution < 1.29 is 13.2 Å². The molecule has 8 heteroatoms. The molecule has 0 atom stereocenters. The molecule has 2 aromatic carbocycles. The van der Waals surface area contributed by atoms with Crippen LogP contribution in [0.3, 0.4) is 0 Å². The third-order valence-corrected chi connectivity index (χ3v) is 6.76. The Morgan fingerprint density at radius 3 is 2.24 bits per heavy atom. The number of sulfonamides is 1. The summed E-state index contributed by atoms with van der Waals surface area (Å²) in [6.07, 6.45) is 1.91. The van der Waals surface area contributed by atoms with E-state index < -0.39 is 10.0 Å². The molecule has 0 radical (unpaired) electrons. The maximum absolute atomic E-state index is 12.4. The first-order chi connectivity index (χ1) is 13.6. The van der Waals surface area contributed by atoms with Crippen LogP contribution in [0.15, 0.2) is 41.3 Å². The summed E-state index contributed by atoms with van der Waals surface area (Å²) in [7, 11) is -3.59. The number of hydrogen-bond acceptors (Lipinski definition) is 4. The highest BCUT2D eigenvalue weighted by Gasteiger charge is 2.24. The van der Waals surface area contributed by atoms with E-state index in [0.29, 0.717) is 17.3 Å². The molecule has 29 heavy (non-hydrogen) atoms. The second-order valence-electron chi connectivity index (χ2n) is 7.02. The lowest BCUT2D eigenvalue weighted by molar-refractivity contribution is -0.119. The van der Waals surface area contributed by atoms with E-state index in [-0.39, 0.29) is 12.5 Å². The standard InChI is InChI=1S/C21H27ClN2O3S2/c1-15-12-16(2)21(17(3)13-15)24(29(4,26)27)14-20(25)23-10-5-11-28-19-8-6-18(22)7-9-19/h6-9,12-13H,5,10-11,14H2,1-4H3,(H,23,25). The van der Waals surface area contributed by atoms with Crippen molar-refractivity contribution in [3.05, 3.63) is 58.1 Å². The molecule has 5 nitrogen and oxygen atoms in total. The zero-order chi connectivity index (χ0) is 21.6. The largest absolute Gasteiger partial charge is 0.354 e. The Hall–Kier alpha value is -1.70. The molecule has 0 saturated carbocycles. The minimum Gasteiger partial charge on any atom is -0.354 e. The fourth-order valence-electron chi connectivity index (χ4n) is 3.14. The summed E-state index contributed by atoms with van der Waals surface area (Å²) in [5, 5.41) is 3.53. The van der Waals surface area contributed by atoms with Crippen LogP contribution in [-0.4, -0.2) is 39.4 Å². The Labute approximate surface area is 182 Å². The zero-order valence-electron chi connectivity index (χ0n) is 17.2. The molecule has 2 aromatic rings. The summed E-state index contributed by atoms with van der Waals surface area (Å²) in [5.74, 6) is 0.528. The van der Waals surface area contributed by atoms with E-state index in [0.717, 1.165) is 40.0 Å². The number of thioether (sulfide) groups is 1. The summed E-state index contributed by atoms with van der Waals surface area (Å²) in [5.41, 5.74) is 3.30. The van der Waals surface area contributed by atoms with Gasteiger partial charge in [0.25, 0.3) is 0 Å². The number of benzene rings is 2. The van der Waals surface area contributed by atoms with Crippen molar-refractivity contribution in [2.24, 2.45) is 0 Å². The Kier molecular flexibility index (Phi) is 8.43. The lowest BCUT2D eigenvalue weighted by Crippen LogP contribution is -2.41. The number of nitrogens with one attached hydrogen (secondary N) is 1. The van der Waals surface area contributed by atoms with Crippen molar-refractivity contribution in [3.8, 4) is 0 Å². The molecule has 0 fully saturated rings. The highest BCUT2D eigenvalue weighted by molar-refractivity contribution is 7.99. The summed E-state index contributed by atoms with van der Waals surface area (Å²) in [6, 6.07) is 11.5. The highest BCUT2D eigenvalue weighted by Crippen LogP contribution is 2.28. The summed E-state index contributed by atoms with van der Waals surface area (Å²) >= 11 is 7.56. The van der Waals surface area contributed by atoms with Gasteiger partial charge in [-0.3, -0.25) is 9.10 Å². The fourth-order valence-corrected chi connectivity index (χ4v) is 5.09. The molecular formula is C21H27ClN2O3S2. The molecule has 0 saturated heterocycles. The lowest BCUT2D eigenvalue weighted by Gasteiger charge is -2.26. The van der Waals surface area contributed by atoms with Crippen molar-refractivity contribution in [3.63, 3.8) is 0 Å². The van der Waals surface area contributed by atoms with Crippen molar-refractivity contribution in [1.82, 2.24) is 5.32 Å². The topological polar surface area (TPSA) is 66.5 Å². The van der Waals surface area contributed by atoms with Gasteiger partial charge >= 0.3 is 0 Å². The van der Waals surface area contributed by atoms with E-state index >= 15 is 0 Å². The number of hydrogen-bond donors (Lipinski definition) is 1. The normalized spacial score (nSPS) is 11.3. The van der Waals surface area contributed by atoms with Crippen LogP contribution in [-0.2, 0) is 14.8 Å². The molecule has 0 unspecified atom stereocenters. The van der Waals surface area contributed by atoms with Gasteiger partial charge in [0, 0.05) is 16.5 Å². The third kappa shape index (κ3) is 7.24. The highest BCUT2D eigenvalue weighted by atomic mass is 35.5. The summed E-state index contributed by atoms with van der Waals surface area (Å²) in [6.45, 7) is 5.94. The molecule has 0 heterocycles. The lowest BCUT2D eigenvalue weighted by atomic mass is 10.1. The monoisotopic (exact) mass is 454 g/mol. The van der Waals surface area contributed by atoms with Crippen LogP contribution < -0.4 is 9.62 Å². The predicted octanol–water partition coefficient (Wildman–Crippen LogP) is 4.33. The number of nitrogens with zero attached hydrogens (tertiary/aromatic N) is 1. The molecule has 0 bridgehead atoms. The van der Waals surface area contributed by atoms with Crippen molar-refractivity contribution in [2.75, 3.05) is 29.4 Å². The molecule has 1 N–H and O–H groups in total. The molecule has 0 aliphatic rings. The molecule has 2 rings (SSSR count). The quantitative estimate of drug-likeness (QED) is 0.452. The smallest absolute Gasteiger partial charge is 0.240 e. The van der Waals surface area contributed by atoms with E-state index in [1.54, 1.807) is 11.8 Å². The number of halogens is 1. The van der Waals surface area contributed by atoms with Crippen LogP contribution >= 0.6 is 23.4 Å². The van der Waals surface area contributed by atoms with Gasteiger partial charge in [0.15, 0.2) is 0 Å². The predicted molar refractivity (Wildman–Crippen MR) is 123 cm³/mol. The van der Waals surface area contributed by atoms with E-state index in [9.17, 15) is 13.2 Å². The second-order valence-corrected chi connectivity index (χ2v) is 10.5. The maximum Gasteiger partial charge on any atom is 0.240 e. The van der Waals surface area contributed by atoms with Gasteiger partial charge in [-0.25, -0.2) is 8.42 Å². The minimum absolute atomic E-state index is 0.228. The first kappa shape index (κ1) is 23.6. The Morgan fingerprint density at radius 2 is 1.69 bits per heavy atom. The van der Waals surface area contributed by atoms with E-state index in [1.165, 1.54) is 4.31 Å². The average Bonchev–Trinajstić information content (AvgIpc) is 2.60. The molecule has 0 aliphatic heterocycles. The van der Waals surface area contributed by atoms with Gasteiger partial charge in [0.1, 0.15) is 6.54 Å². The van der Waals surface area contributed by atoms with Gasteiger partial charge in [0.05, 0.1) is 11.9 Å². The van der Waals surface area contributed by atoms with Crippen LogP contribution in [0.25, 0.3) is 0 Å². The van der Waals surface area contributed by atoms with Crippen LogP contribution in [0.5, 0.6) is 0 Å². The van der Waals surface area contributed by atoms with Gasteiger partial charge < -0.3 is 5.32 Å². The number of carbonyl (C=O) groups is 1. The minimum atomic E-state index is -3.59. The second kappa shape index (κ2) is 10.4. The Balaban J connectivity index is 1.91. The van der Waals surface area contributed by atoms with Crippen LogP contribution in [0.4, 0.5) is 5.69 Å². The molecule has 0 spiro atoms. The zero-order valence-corrected chi connectivity index (χ0v) is 19.5. The SMILES string of the molecule is Cc1cc(C)c(N(CC(=O)NCCCSc2ccc(Cl)cc2)S(C)(=O)=O)c(C)c1. The van der Waals surface area contributed by atoms with Gasteiger partial charge in [0.2, 0.25) is 15.9 Å². The maximum atomic E-state index is 12.4.